The van der Waals surface area contributed by atoms with Crippen LogP contribution < -0.4 is 9.64 Å². The van der Waals surface area contributed by atoms with Gasteiger partial charge in [0.1, 0.15) is 12.4 Å². The first-order chi connectivity index (χ1) is 6.72. The Balaban J connectivity index is 2.45. The van der Waals surface area contributed by atoms with E-state index in [1.54, 1.807) is 6.07 Å². The number of hydrogen-bond donors (Lipinski definition) is 0. The van der Waals surface area contributed by atoms with Crippen molar-refractivity contribution < 1.29 is 4.74 Å². The number of benzene rings is 1. The van der Waals surface area contributed by atoms with Gasteiger partial charge in [0, 0.05) is 13.1 Å². The van der Waals surface area contributed by atoms with Crippen LogP contribution in [-0.2, 0) is 0 Å². The van der Waals surface area contributed by atoms with Gasteiger partial charge in [-0.1, -0.05) is 0 Å². The molecule has 1 aromatic rings. The van der Waals surface area contributed by atoms with Crippen LogP contribution >= 0.6 is 0 Å². The third-order valence-corrected chi connectivity index (χ3v) is 2.61. The van der Waals surface area contributed by atoms with Gasteiger partial charge in [-0.25, -0.2) is 0 Å². The standard InChI is InChI=1S/C11H12N2O/c1-8-7-14-11-5-9(6-12)3-4-10(11)13(8)2/h3-5,8H,7H2,1-2H3. The molecule has 1 aliphatic rings. The lowest BCUT2D eigenvalue weighted by atomic mass is 10.1. The summed E-state index contributed by atoms with van der Waals surface area (Å²) in [5.74, 6) is 0.810. The number of anilines is 1. The highest BCUT2D eigenvalue weighted by Crippen LogP contribution is 2.33. The molecule has 3 nitrogen and oxygen atoms in total. The van der Waals surface area contributed by atoms with E-state index >= 15 is 0 Å². The summed E-state index contributed by atoms with van der Waals surface area (Å²) in [7, 11) is 2.04. The van der Waals surface area contributed by atoms with Crippen LogP contribution in [0.4, 0.5) is 5.69 Å². The summed E-state index contributed by atoms with van der Waals surface area (Å²) in [5.41, 5.74) is 1.70. The first-order valence-corrected chi connectivity index (χ1v) is 4.62. The maximum absolute atomic E-state index is 8.74. The van der Waals surface area contributed by atoms with E-state index in [1.165, 1.54) is 0 Å². The molecule has 0 bridgehead atoms. The second-order valence-electron chi connectivity index (χ2n) is 3.57. The van der Waals surface area contributed by atoms with Gasteiger partial charge in [-0.05, 0) is 19.1 Å². The van der Waals surface area contributed by atoms with Gasteiger partial charge < -0.3 is 9.64 Å². The molecule has 1 heterocycles. The molecule has 72 valence electrons. The number of fused-ring (bicyclic) bond motifs is 1. The summed E-state index contributed by atoms with van der Waals surface area (Å²) in [6.45, 7) is 2.79. The molecule has 0 saturated carbocycles. The van der Waals surface area contributed by atoms with Crippen LogP contribution in [0.5, 0.6) is 5.75 Å². The number of likely N-dealkylation sites (N-methyl/N-ethyl adjacent to an activating group) is 1. The minimum atomic E-state index is 0.385. The van der Waals surface area contributed by atoms with Crippen molar-refractivity contribution >= 4 is 5.69 Å². The van der Waals surface area contributed by atoms with Crippen molar-refractivity contribution in [1.29, 1.82) is 5.26 Å². The van der Waals surface area contributed by atoms with Crippen molar-refractivity contribution in [2.45, 2.75) is 13.0 Å². The highest BCUT2D eigenvalue weighted by molar-refractivity contribution is 5.62. The predicted octanol–water partition coefficient (Wildman–Crippen LogP) is 1.78. The molecule has 0 fully saturated rings. The molecular weight excluding hydrogens is 176 g/mol. The topological polar surface area (TPSA) is 36.3 Å². The summed E-state index contributed by atoms with van der Waals surface area (Å²) in [4.78, 5) is 2.17. The Hall–Kier alpha value is -1.69. The first kappa shape index (κ1) is 8.89. The SMILES string of the molecule is CC1COc2cc(C#N)ccc2N1C. The number of hydrogen-bond acceptors (Lipinski definition) is 3. The van der Waals surface area contributed by atoms with Gasteiger partial charge in [0.2, 0.25) is 0 Å². The van der Waals surface area contributed by atoms with E-state index in [2.05, 4.69) is 17.9 Å². The van der Waals surface area contributed by atoms with E-state index < -0.39 is 0 Å². The van der Waals surface area contributed by atoms with Gasteiger partial charge in [-0.2, -0.15) is 5.26 Å². The lowest BCUT2D eigenvalue weighted by Crippen LogP contribution is -2.37. The normalized spacial score (nSPS) is 19.5. The van der Waals surface area contributed by atoms with Crippen molar-refractivity contribution in [3.05, 3.63) is 23.8 Å². The summed E-state index contributed by atoms with van der Waals surface area (Å²) in [5, 5.41) is 8.74. The van der Waals surface area contributed by atoms with Gasteiger partial charge in [-0.3, -0.25) is 0 Å². The average molecular weight is 188 g/mol. The molecule has 0 N–H and O–H groups in total. The zero-order valence-corrected chi connectivity index (χ0v) is 8.32. The van der Waals surface area contributed by atoms with Gasteiger partial charge in [0.25, 0.3) is 0 Å². The molecule has 0 radical (unpaired) electrons. The minimum absolute atomic E-state index is 0.385. The Morgan fingerprint density at radius 1 is 1.57 bits per heavy atom. The molecule has 0 saturated heterocycles. The van der Waals surface area contributed by atoms with Crippen LogP contribution in [-0.4, -0.2) is 19.7 Å². The lowest BCUT2D eigenvalue weighted by molar-refractivity contribution is 0.275. The summed E-state index contributed by atoms with van der Waals surface area (Å²) >= 11 is 0. The molecule has 0 aliphatic carbocycles. The van der Waals surface area contributed by atoms with Crippen LogP contribution in [0.1, 0.15) is 12.5 Å². The first-order valence-electron chi connectivity index (χ1n) is 4.62. The van der Waals surface area contributed by atoms with Crippen molar-refractivity contribution in [2.75, 3.05) is 18.6 Å². The van der Waals surface area contributed by atoms with Crippen LogP contribution in [0, 0.1) is 11.3 Å². The van der Waals surface area contributed by atoms with Crippen molar-refractivity contribution in [3.63, 3.8) is 0 Å². The van der Waals surface area contributed by atoms with E-state index in [0.29, 0.717) is 18.2 Å². The van der Waals surface area contributed by atoms with Crippen LogP contribution in [0.2, 0.25) is 0 Å². The second-order valence-corrected chi connectivity index (χ2v) is 3.57. The van der Waals surface area contributed by atoms with E-state index in [4.69, 9.17) is 10.00 Å². The van der Waals surface area contributed by atoms with Crippen molar-refractivity contribution in [3.8, 4) is 11.8 Å². The molecule has 14 heavy (non-hydrogen) atoms. The van der Waals surface area contributed by atoms with E-state index in [9.17, 15) is 0 Å². The Morgan fingerprint density at radius 3 is 3.07 bits per heavy atom. The number of rotatable bonds is 0. The Morgan fingerprint density at radius 2 is 2.36 bits per heavy atom. The van der Waals surface area contributed by atoms with Crippen molar-refractivity contribution in [2.24, 2.45) is 0 Å². The number of nitriles is 1. The van der Waals surface area contributed by atoms with Gasteiger partial charge in [0.15, 0.2) is 0 Å². The maximum atomic E-state index is 8.74. The Kier molecular flexibility index (Phi) is 2.05. The van der Waals surface area contributed by atoms with E-state index in [-0.39, 0.29) is 0 Å². The van der Waals surface area contributed by atoms with Crippen molar-refractivity contribution in [1.82, 2.24) is 0 Å². The van der Waals surface area contributed by atoms with Crippen LogP contribution in [0.25, 0.3) is 0 Å². The van der Waals surface area contributed by atoms with E-state index in [1.807, 2.05) is 19.2 Å². The predicted molar refractivity (Wildman–Crippen MR) is 54.5 cm³/mol. The fourth-order valence-corrected chi connectivity index (χ4v) is 1.55. The van der Waals surface area contributed by atoms with Gasteiger partial charge in [0.05, 0.1) is 23.4 Å². The molecule has 0 spiro atoms. The molecule has 2 rings (SSSR count). The minimum Gasteiger partial charge on any atom is -0.489 e. The smallest absolute Gasteiger partial charge is 0.144 e. The average Bonchev–Trinajstić information content (AvgIpc) is 2.23. The molecule has 1 aromatic carbocycles. The number of ether oxygens (including phenoxy) is 1. The summed E-state index contributed by atoms with van der Waals surface area (Å²) < 4.78 is 5.56. The largest absolute Gasteiger partial charge is 0.489 e. The molecule has 3 heteroatoms. The van der Waals surface area contributed by atoms with Crippen LogP contribution in [0.3, 0.4) is 0 Å². The monoisotopic (exact) mass is 188 g/mol. The fraction of sp³-hybridized carbons (Fsp3) is 0.364. The molecule has 1 aliphatic heterocycles. The highest BCUT2D eigenvalue weighted by atomic mass is 16.5. The molecule has 0 amide bonds. The Labute approximate surface area is 83.5 Å². The van der Waals surface area contributed by atoms with Gasteiger partial charge >= 0.3 is 0 Å². The van der Waals surface area contributed by atoms with Crippen LogP contribution in [0.15, 0.2) is 18.2 Å². The second kappa shape index (κ2) is 3.22. The maximum Gasteiger partial charge on any atom is 0.144 e. The molecule has 0 aromatic heterocycles. The molecule has 1 unspecified atom stereocenters. The zero-order chi connectivity index (χ0) is 10.1. The summed E-state index contributed by atoms with van der Waals surface area (Å²) in [6, 6.07) is 8.03. The number of nitrogens with zero attached hydrogens (tertiary/aromatic N) is 2. The third-order valence-electron chi connectivity index (χ3n) is 2.61. The fourth-order valence-electron chi connectivity index (χ4n) is 1.55. The zero-order valence-electron chi connectivity index (χ0n) is 8.32. The lowest BCUT2D eigenvalue weighted by Gasteiger charge is -2.33. The third kappa shape index (κ3) is 1.29. The molecule has 1 atom stereocenters. The highest BCUT2D eigenvalue weighted by Gasteiger charge is 2.20. The van der Waals surface area contributed by atoms with Gasteiger partial charge in [-0.15, -0.1) is 0 Å². The van der Waals surface area contributed by atoms with E-state index in [0.717, 1.165) is 11.4 Å². The summed E-state index contributed by atoms with van der Waals surface area (Å²) in [6.07, 6.45) is 0. The quantitative estimate of drug-likeness (QED) is 0.622. The molecular formula is C11H12N2O. The Bertz CT molecular complexity index is 395.